The van der Waals surface area contributed by atoms with Crippen molar-refractivity contribution in [3.8, 4) is 5.75 Å². The Labute approximate surface area is 234 Å². The molecule has 0 bridgehead atoms. The number of aryl methyl sites for hydroxylation is 1. The number of nitrogens with zero attached hydrogens (tertiary/aromatic N) is 3. The number of anilines is 1. The van der Waals surface area contributed by atoms with E-state index < -0.39 is 15.9 Å². The lowest BCUT2D eigenvalue weighted by Gasteiger charge is -2.26. The van der Waals surface area contributed by atoms with E-state index in [0.717, 1.165) is 22.9 Å². The van der Waals surface area contributed by atoms with Gasteiger partial charge in [-0.2, -0.15) is 5.10 Å². The summed E-state index contributed by atoms with van der Waals surface area (Å²) in [6, 6.07) is 20.9. The van der Waals surface area contributed by atoms with Gasteiger partial charge in [0.25, 0.3) is 11.8 Å². The van der Waals surface area contributed by atoms with Gasteiger partial charge in [-0.25, -0.2) is 13.8 Å². The van der Waals surface area contributed by atoms with Crippen molar-refractivity contribution >= 4 is 33.7 Å². The monoisotopic (exact) mass is 564 g/mol. The van der Waals surface area contributed by atoms with Crippen molar-refractivity contribution in [2.24, 2.45) is 5.10 Å². The quantitative estimate of drug-likeness (QED) is 0.299. The molecule has 1 aliphatic rings. The molecule has 3 aromatic rings. The highest BCUT2D eigenvalue weighted by molar-refractivity contribution is 7.92. The van der Waals surface area contributed by atoms with E-state index in [1.165, 1.54) is 10.5 Å². The molecule has 0 aromatic heterocycles. The van der Waals surface area contributed by atoms with Crippen LogP contribution in [0, 0.1) is 6.92 Å². The van der Waals surface area contributed by atoms with E-state index in [9.17, 15) is 18.0 Å². The normalized spacial score (nSPS) is 13.7. The molecule has 0 unspecified atom stereocenters. The molecule has 0 spiro atoms. The summed E-state index contributed by atoms with van der Waals surface area (Å²) in [7, 11) is -3.55. The Morgan fingerprint density at radius 3 is 2.35 bits per heavy atom. The van der Waals surface area contributed by atoms with Gasteiger partial charge in [-0.15, -0.1) is 0 Å². The average molecular weight is 565 g/mol. The highest BCUT2D eigenvalue weighted by atomic mass is 32.2. The SMILES string of the molecule is Cc1ccccc1CN(c1ccc(C(=O)N/N=C\c2ccc(OCC(=O)N3CCOCC3)cc2)cc1)S(C)(=O)=O. The van der Waals surface area contributed by atoms with Gasteiger partial charge in [0.05, 0.1) is 37.9 Å². The molecule has 210 valence electrons. The lowest BCUT2D eigenvalue weighted by molar-refractivity contribution is -0.137. The van der Waals surface area contributed by atoms with Crippen LogP contribution in [0.5, 0.6) is 5.75 Å². The fraction of sp³-hybridized carbons (Fsp3) is 0.276. The molecule has 0 atom stereocenters. The largest absolute Gasteiger partial charge is 0.484 e. The molecule has 3 aromatic carbocycles. The number of hydrogen-bond donors (Lipinski definition) is 1. The van der Waals surface area contributed by atoms with Gasteiger partial charge in [0.1, 0.15) is 5.75 Å². The summed E-state index contributed by atoms with van der Waals surface area (Å²) < 4.78 is 37.1. The summed E-state index contributed by atoms with van der Waals surface area (Å²) >= 11 is 0. The van der Waals surface area contributed by atoms with Gasteiger partial charge in [-0.3, -0.25) is 13.9 Å². The van der Waals surface area contributed by atoms with Crippen LogP contribution in [0.1, 0.15) is 27.0 Å². The maximum Gasteiger partial charge on any atom is 0.271 e. The molecule has 10 nitrogen and oxygen atoms in total. The van der Waals surface area contributed by atoms with Gasteiger partial charge >= 0.3 is 0 Å². The first kappa shape index (κ1) is 28.8. The van der Waals surface area contributed by atoms with Crippen LogP contribution in [0.4, 0.5) is 5.69 Å². The maximum atomic E-state index is 12.6. The van der Waals surface area contributed by atoms with Crippen molar-refractivity contribution in [1.29, 1.82) is 0 Å². The molecule has 0 radical (unpaired) electrons. The smallest absolute Gasteiger partial charge is 0.271 e. The van der Waals surface area contributed by atoms with Crippen LogP contribution in [0.2, 0.25) is 0 Å². The number of ether oxygens (including phenoxy) is 2. The number of benzene rings is 3. The molecule has 4 rings (SSSR count). The Morgan fingerprint density at radius 2 is 1.70 bits per heavy atom. The molecule has 1 N–H and O–H groups in total. The third-order valence-corrected chi connectivity index (χ3v) is 7.52. The molecule has 0 aliphatic carbocycles. The second-order valence-corrected chi connectivity index (χ2v) is 11.2. The van der Waals surface area contributed by atoms with Crippen molar-refractivity contribution in [2.45, 2.75) is 13.5 Å². The first-order valence-electron chi connectivity index (χ1n) is 12.7. The van der Waals surface area contributed by atoms with Gasteiger partial charge in [0.2, 0.25) is 10.0 Å². The third-order valence-electron chi connectivity index (χ3n) is 6.38. The molecule has 40 heavy (non-hydrogen) atoms. The number of hydrogen-bond acceptors (Lipinski definition) is 7. The number of rotatable bonds is 10. The summed E-state index contributed by atoms with van der Waals surface area (Å²) in [6.45, 7) is 4.30. The highest BCUT2D eigenvalue weighted by Gasteiger charge is 2.19. The lowest BCUT2D eigenvalue weighted by atomic mass is 10.1. The van der Waals surface area contributed by atoms with Crippen molar-refractivity contribution in [1.82, 2.24) is 10.3 Å². The predicted molar refractivity (Wildman–Crippen MR) is 153 cm³/mol. The second-order valence-electron chi connectivity index (χ2n) is 9.29. The first-order valence-corrected chi connectivity index (χ1v) is 14.6. The zero-order valence-corrected chi connectivity index (χ0v) is 23.3. The predicted octanol–water partition coefficient (Wildman–Crippen LogP) is 2.96. The standard InChI is InChI=1S/C29H32N4O6S/c1-22-5-3-4-6-25(22)20-33(40(2,36)37)26-11-9-24(10-12-26)29(35)31-30-19-23-7-13-27(14-8-23)39-21-28(34)32-15-17-38-18-16-32/h3-14,19H,15-18,20-21H2,1-2H3,(H,31,35)/b30-19-. The van der Waals surface area contributed by atoms with Crippen LogP contribution >= 0.6 is 0 Å². The van der Waals surface area contributed by atoms with Crippen molar-refractivity contribution in [2.75, 3.05) is 43.5 Å². The van der Waals surface area contributed by atoms with E-state index in [1.54, 1.807) is 53.4 Å². The van der Waals surface area contributed by atoms with E-state index >= 15 is 0 Å². The van der Waals surface area contributed by atoms with Gasteiger partial charge < -0.3 is 14.4 Å². The fourth-order valence-electron chi connectivity index (χ4n) is 4.05. The van der Waals surface area contributed by atoms with Gasteiger partial charge in [0.15, 0.2) is 6.61 Å². The Balaban J connectivity index is 1.30. The number of amides is 2. The number of nitrogens with one attached hydrogen (secondary N) is 1. The minimum absolute atomic E-state index is 0.0455. The van der Waals surface area contributed by atoms with Crippen LogP contribution in [-0.2, 0) is 26.1 Å². The molecule has 1 saturated heterocycles. The molecular weight excluding hydrogens is 532 g/mol. The van der Waals surface area contributed by atoms with Crippen molar-refractivity contribution in [3.63, 3.8) is 0 Å². The minimum atomic E-state index is -3.55. The molecule has 2 amide bonds. The Morgan fingerprint density at radius 1 is 1.02 bits per heavy atom. The molecule has 11 heteroatoms. The van der Waals surface area contributed by atoms with Crippen LogP contribution in [0.25, 0.3) is 0 Å². The van der Waals surface area contributed by atoms with Crippen molar-refractivity contribution < 1.29 is 27.5 Å². The summed E-state index contributed by atoms with van der Waals surface area (Å²) in [5.41, 5.74) is 5.87. The summed E-state index contributed by atoms with van der Waals surface area (Å²) in [6.07, 6.45) is 2.65. The maximum absolute atomic E-state index is 12.6. The number of hydrazone groups is 1. The van der Waals surface area contributed by atoms with Crippen LogP contribution < -0.4 is 14.5 Å². The topological polar surface area (TPSA) is 118 Å². The van der Waals surface area contributed by atoms with E-state index in [1.807, 2.05) is 31.2 Å². The minimum Gasteiger partial charge on any atom is -0.484 e. The zero-order valence-electron chi connectivity index (χ0n) is 22.4. The Hall–Kier alpha value is -4.22. The number of morpholine rings is 1. The third kappa shape index (κ3) is 7.90. The average Bonchev–Trinajstić information content (AvgIpc) is 2.96. The lowest BCUT2D eigenvalue weighted by Crippen LogP contribution is -2.42. The number of carbonyl (C=O) groups excluding carboxylic acids is 2. The Kier molecular flexibility index (Phi) is 9.52. The van der Waals surface area contributed by atoms with Crippen LogP contribution in [0.3, 0.4) is 0 Å². The van der Waals surface area contributed by atoms with Gasteiger partial charge in [-0.05, 0) is 72.1 Å². The molecule has 1 aliphatic heterocycles. The number of sulfonamides is 1. The molecule has 1 fully saturated rings. The summed E-state index contributed by atoms with van der Waals surface area (Å²) in [5, 5.41) is 4.00. The van der Waals surface area contributed by atoms with Crippen LogP contribution in [-0.4, -0.2) is 70.5 Å². The molecule has 1 heterocycles. The van der Waals surface area contributed by atoms with Crippen LogP contribution in [0.15, 0.2) is 77.9 Å². The summed E-state index contributed by atoms with van der Waals surface area (Å²) in [5.74, 6) is 0.0302. The first-order chi connectivity index (χ1) is 19.2. The fourth-order valence-corrected chi connectivity index (χ4v) is 4.93. The van der Waals surface area contributed by atoms with Gasteiger partial charge in [-0.1, -0.05) is 24.3 Å². The van der Waals surface area contributed by atoms with E-state index in [4.69, 9.17) is 9.47 Å². The second kappa shape index (κ2) is 13.2. The van der Waals surface area contributed by atoms with E-state index in [0.29, 0.717) is 43.3 Å². The van der Waals surface area contributed by atoms with E-state index in [-0.39, 0.29) is 19.1 Å². The summed E-state index contributed by atoms with van der Waals surface area (Å²) in [4.78, 5) is 26.5. The molecular formula is C29H32N4O6S. The van der Waals surface area contributed by atoms with Crippen molar-refractivity contribution in [3.05, 3.63) is 95.1 Å². The number of carbonyl (C=O) groups is 2. The highest BCUT2D eigenvalue weighted by Crippen LogP contribution is 2.22. The molecule has 0 saturated carbocycles. The van der Waals surface area contributed by atoms with Gasteiger partial charge in [0, 0.05) is 18.7 Å². The Bertz CT molecular complexity index is 1450. The zero-order chi connectivity index (χ0) is 28.5. The van der Waals surface area contributed by atoms with E-state index in [2.05, 4.69) is 10.5 Å².